The Morgan fingerprint density at radius 3 is 2.58 bits per heavy atom. The molecule has 5 nitrogen and oxygen atoms in total. The Kier molecular flexibility index (Phi) is 5.11. The molecule has 0 bridgehead atoms. The summed E-state index contributed by atoms with van der Waals surface area (Å²) in [5.74, 6) is 0.0260. The topological polar surface area (TPSA) is 61.0 Å². The number of amides is 1. The molecule has 24 heavy (non-hydrogen) atoms. The molecular formula is C19H24N4O. The lowest BCUT2D eigenvalue weighted by Crippen LogP contribution is -2.37. The van der Waals surface area contributed by atoms with Crippen LogP contribution in [0.5, 0.6) is 0 Å². The number of piperidine rings is 1. The highest BCUT2D eigenvalue weighted by atomic mass is 16.2. The van der Waals surface area contributed by atoms with E-state index in [-0.39, 0.29) is 5.91 Å². The number of nitrogens with zero attached hydrogens (tertiary/aromatic N) is 2. The third-order valence-electron chi connectivity index (χ3n) is 4.43. The van der Waals surface area contributed by atoms with Gasteiger partial charge in [0, 0.05) is 13.1 Å². The van der Waals surface area contributed by atoms with Crippen molar-refractivity contribution < 1.29 is 4.79 Å². The van der Waals surface area contributed by atoms with Crippen LogP contribution in [0.25, 0.3) is 6.08 Å². The van der Waals surface area contributed by atoms with Crippen LogP contribution in [0.15, 0.2) is 35.9 Å². The maximum Gasteiger partial charge on any atom is 0.238 e. The first-order chi connectivity index (χ1) is 11.6. The average molecular weight is 324 g/mol. The Morgan fingerprint density at radius 2 is 1.96 bits per heavy atom. The lowest BCUT2D eigenvalue weighted by Gasteiger charge is -2.27. The van der Waals surface area contributed by atoms with E-state index in [1.54, 1.807) is 0 Å². The summed E-state index contributed by atoms with van der Waals surface area (Å²) in [6.45, 7) is 6.09. The van der Waals surface area contributed by atoms with Crippen molar-refractivity contribution in [1.82, 2.24) is 15.1 Å². The zero-order valence-electron chi connectivity index (χ0n) is 14.3. The summed E-state index contributed by atoms with van der Waals surface area (Å²) >= 11 is 0. The van der Waals surface area contributed by atoms with E-state index in [4.69, 9.17) is 0 Å². The van der Waals surface area contributed by atoms with Gasteiger partial charge in [-0.25, -0.2) is 0 Å². The molecule has 2 N–H and O–H groups in total. The SMILES string of the molecule is Cc1n[nH]c(C)c1NC(=O)CN1CCC(=Cc2ccccc2)CC1. The molecule has 0 radical (unpaired) electrons. The van der Waals surface area contributed by atoms with Crippen molar-refractivity contribution in [2.24, 2.45) is 0 Å². The minimum Gasteiger partial charge on any atom is -0.322 e. The molecule has 1 aliphatic rings. The van der Waals surface area contributed by atoms with Crippen molar-refractivity contribution in [3.8, 4) is 0 Å². The van der Waals surface area contributed by atoms with Crippen LogP contribution in [-0.2, 0) is 4.79 Å². The second-order valence-electron chi connectivity index (χ2n) is 6.35. The minimum absolute atomic E-state index is 0.0260. The van der Waals surface area contributed by atoms with Gasteiger partial charge in [0.15, 0.2) is 0 Å². The molecule has 3 rings (SSSR count). The molecule has 126 valence electrons. The first-order valence-electron chi connectivity index (χ1n) is 8.40. The van der Waals surface area contributed by atoms with Gasteiger partial charge in [-0.05, 0) is 32.3 Å². The number of rotatable bonds is 4. The number of nitrogens with one attached hydrogen (secondary N) is 2. The van der Waals surface area contributed by atoms with Crippen molar-refractivity contribution in [3.05, 3.63) is 52.9 Å². The third kappa shape index (κ3) is 4.11. The second-order valence-corrected chi connectivity index (χ2v) is 6.35. The fourth-order valence-corrected chi connectivity index (χ4v) is 3.04. The zero-order chi connectivity index (χ0) is 16.9. The van der Waals surface area contributed by atoms with Crippen LogP contribution in [0.3, 0.4) is 0 Å². The summed E-state index contributed by atoms with van der Waals surface area (Å²) < 4.78 is 0. The number of aromatic amines is 1. The number of aromatic nitrogens is 2. The molecule has 5 heteroatoms. The van der Waals surface area contributed by atoms with Gasteiger partial charge in [0.2, 0.25) is 5.91 Å². The van der Waals surface area contributed by atoms with Crippen molar-refractivity contribution in [1.29, 1.82) is 0 Å². The highest BCUT2D eigenvalue weighted by Gasteiger charge is 2.18. The standard InChI is InChI=1S/C19H24N4O/c1-14-19(15(2)22-21-14)20-18(24)13-23-10-8-17(9-11-23)12-16-6-4-3-5-7-16/h3-7,12H,8-11,13H2,1-2H3,(H,20,24)(H,21,22). The lowest BCUT2D eigenvalue weighted by molar-refractivity contribution is -0.117. The summed E-state index contributed by atoms with van der Waals surface area (Å²) in [5, 5.41) is 9.96. The number of likely N-dealkylation sites (tertiary alicyclic amines) is 1. The van der Waals surface area contributed by atoms with Gasteiger partial charge in [0.05, 0.1) is 23.6 Å². The molecule has 1 amide bonds. The molecule has 1 aliphatic heterocycles. The van der Waals surface area contributed by atoms with Gasteiger partial charge in [0.25, 0.3) is 0 Å². The summed E-state index contributed by atoms with van der Waals surface area (Å²) in [6.07, 6.45) is 4.31. The summed E-state index contributed by atoms with van der Waals surface area (Å²) in [7, 11) is 0. The fraction of sp³-hybridized carbons (Fsp3) is 0.368. The van der Waals surface area contributed by atoms with Crippen molar-refractivity contribution in [3.63, 3.8) is 0 Å². The normalized spacial score (nSPS) is 15.3. The van der Waals surface area contributed by atoms with E-state index in [1.807, 2.05) is 19.9 Å². The molecule has 0 atom stereocenters. The number of anilines is 1. The van der Waals surface area contributed by atoms with Crippen LogP contribution in [0.1, 0.15) is 29.8 Å². The molecule has 2 heterocycles. The molecule has 1 aromatic heterocycles. The van der Waals surface area contributed by atoms with Crippen molar-refractivity contribution in [2.75, 3.05) is 25.0 Å². The number of aryl methyl sites for hydroxylation is 2. The van der Waals surface area contributed by atoms with Crippen LogP contribution < -0.4 is 5.32 Å². The first-order valence-corrected chi connectivity index (χ1v) is 8.40. The molecule has 0 unspecified atom stereocenters. The van der Waals surface area contributed by atoms with E-state index in [1.165, 1.54) is 11.1 Å². The van der Waals surface area contributed by atoms with Crippen LogP contribution in [-0.4, -0.2) is 40.6 Å². The molecule has 1 fully saturated rings. The molecule has 1 saturated heterocycles. The smallest absolute Gasteiger partial charge is 0.238 e. The van der Waals surface area contributed by atoms with E-state index in [0.29, 0.717) is 6.54 Å². The Bertz CT molecular complexity index is 704. The monoisotopic (exact) mass is 324 g/mol. The Morgan fingerprint density at radius 1 is 1.25 bits per heavy atom. The molecule has 2 aromatic rings. The zero-order valence-corrected chi connectivity index (χ0v) is 14.3. The predicted octanol–water partition coefficient (Wildman–Crippen LogP) is 3.14. The summed E-state index contributed by atoms with van der Waals surface area (Å²) in [4.78, 5) is 14.5. The molecule has 1 aromatic carbocycles. The Balaban J connectivity index is 1.50. The maximum atomic E-state index is 12.2. The fourth-order valence-electron chi connectivity index (χ4n) is 3.04. The third-order valence-corrected chi connectivity index (χ3v) is 4.43. The van der Waals surface area contributed by atoms with Crippen LogP contribution in [0, 0.1) is 13.8 Å². The second kappa shape index (κ2) is 7.45. The highest BCUT2D eigenvalue weighted by molar-refractivity contribution is 5.93. The van der Waals surface area contributed by atoms with E-state index in [2.05, 4.69) is 50.8 Å². The number of carbonyl (C=O) groups excluding carboxylic acids is 1. The summed E-state index contributed by atoms with van der Waals surface area (Å²) in [5.41, 5.74) is 5.24. The van der Waals surface area contributed by atoms with Gasteiger partial charge in [-0.15, -0.1) is 0 Å². The molecule has 0 aliphatic carbocycles. The van der Waals surface area contributed by atoms with Crippen LogP contribution >= 0.6 is 0 Å². The van der Waals surface area contributed by atoms with E-state index < -0.39 is 0 Å². The van der Waals surface area contributed by atoms with E-state index in [9.17, 15) is 4.79 Å². The quantitative estimate of drug-likeness (QED) is 0.908. The number of hydrogen-bond donors (Lipinski definition) is 2. The molecular weight excluding hydrogens is 300 g/mol. The number of H-pyrrole nitrogens is 1. The minimum atomic E-state index is 0.0260. The van der Waals surface area contributed by atoms with Gasteiger partial charge >= 0.3 is 0 Å². The Labute approximate surface area is 142 Å². The molecule has 0 spiro atoms. The van der Waals surface area contributed by atoms with Gasteiger partial charge in [-0.2, -0.15) is 5.10 Å². The Hall–Kier alpha value is -2.40. The predicted molar refractivity (Wildman–Crippen MR) is 96.8 cm³/mol. The first kappa shape index (κ1) is 16.5. The number of hydrogen-bond acceptors (Lipinski definition) is 3. The van der Waals surface area contributed by atoms with Gasteiger partial charge < -0.3 is 5.32 Å². The van der Waals surface area contributed by atoms with E-state index >= 15 is 0 Å². The number of carbonyl (C=O) groups is 1. The van der Waals surface area contributed by atoms with Gasteiger partial charge in [-0.3, -0.25) is 14.8 Å². The average Bonchev–Trinajstić information content (AvgIpc) is 2.89. The highest BCUT2D eigenvalue weighted by Crippen LogP contribution is 2.20. The maximum absolute atomic E-state index is 12.2. The van der Waals surface area contributed by atoms with Gasteiger partial charge in [-0.1, -0.05) is 42.0 Å². The van der Waals surface area contributed by atoms with Gasteiger partial charge in [0.1, 0.15) is 0 Å². The largest absolute Gasteiger partial charge is 0.322 e. The lowest BCUT2D eigenvalue weighted by atomic mass is 10.0. The van der Waals surface area contributed by atoms with Crippen LogP contribution in [0.2, 0.25) is 0 Å². The number of benzene rings is 1. The van der Waals surface area contributed by atoms with Crippen molar-refractivity contribution in [2.45, 2.75) is 26.7 Å². The van der Waals surface area contributed by atoms with E-state index in [0.717, 1.165) is 43.0 Å². The summed E-state index contributed by atoms with van der Waals surface area (Å²) in [6, 6.07) is 10.4. The van der Waals surface area contributed by atoms with Crippen LogP contribution in [0.4, 0.5) is 5.69 Å². The molecule has 0 saturated carbocycles. The van der Waals surface area contributed by atoms with Crippen molar-refractivity contribution >= 4 is 17.7 Å².